The second-order valence-electron chi connectivity index (χ2n) is 3.83. The van der Waals surface area contributed by atoms with E-state index in [4.69, 9.17) is 4.74 Å². The monoisotopic (exact) mass is 190 g/mol. The smallest absolute Gasteiger partial charge is 0.121 e. The Hall–Kier alpha value is -1.38. The van der Waals surface area contributed by atoms with E-state index in [0.717, 1.165) is 18.8 Å². The summed E-state index contributed by atoms with van der Waals surface area (Å²) in [5.41, 5.74) is 2.70. The van der Waals surface area contributed by atoms with E-state index in [1.54, 1.807) is 7.11 Å². The van der Waals surface area contributed by atoms with Crippen molar-refractivity contribution < 1.29 is 4.74 Å². The largest absolute Gasteiger partial charge is 0.497 e. The van der Waals surface area contributed by atoms with E-state index in [2.05, 4.69) is 21.9 Å². The second-order valence-corrected chi connectivity index (χ2v) is 3.83. The van der Waals surface area contributed by atoms with Crippen molar-refractivity contribution in [3.63, 3.8) is 0 Å². The molecular weight excluding hydrogens is 176 g/mol. The Labute approximate surface area is 83.9 Å². The van der Waals surface area contributed by atoms with Gasteiger partial charge in [0.2, 0.25) is 0 Å². The molecule has 3 aliphatic heterocycles. The highest BCUT2D eigenvalue weighted by Crippen LogP contribution is 2.38. The highest BCUT2D eigenvalue weighted by molar-refractivity contribution is 5.77. The number of methoxy groups -OCH3 is 1. The van der Waals surface area contributed by atoms with Gasteiger partial charge < -0.3 is 14.5 Å². The lowest BCUT2D eigenvalue weighted by atomic mass is 10.1. The maximum absolute atomic E-state index is 5.24. The molecule has 0 spiro atoms. The molecule has 74 valence electrons. The van der Waals surface area contributed by atoms with Crippen LogP contribution in [0, 0.1) is 0 Å². The van der Waals surface area contributed by atoms with Crippen LogP contribution in [0.15, 0.2) is 18.2 Å². The third-order valence-corrected chi connectivity index (χ3v) is 3.14. The van der Waals surface area contributed by atoms with Crippen LogP contribution in [0.25, 0.3) is 0 Å². The van der Waals surface area contributed by atoms with Gasteiger partial charge >= 0.3 is 0 Å². The van der Waals surface area contributed by atoms with Crippen LogP contribution in [0.2, 0.25) is 0 Å². The predicted molar refractivity (Wildman–Crippen MR) is 57.4 cm³/mol. The Morgan fingerprint density at radius 3 is 2.29 bits per heavy atom. The summed E-state index contributed by atoms with van der Waals surface area (Å²) in [7, 11) is 1.72. The van der Waals surface area contributed by atoms with Gasteiger partial charge in [-0.3, -0.25) is 0 Å². The summed E-state index contributed by atoms with van der Waals surface area (Å²) in [6, 6.07) is 6.35. The molecule has 2 bridgehead atoms. The Kier molecular flexibility index (Phi) is 1.60. The zero-order valence-corrected chi connectivity index (χ0v) is 8.36. The first-order chi connectivity index (χ1) is 6.88. The standard InChI is InChI=1S/C11H14N2O/c1-14-9-2-3-10-11(8-9)13-6-4-12(10)5-7-13/h2-3,8H,4-7H2,1H3. The molecule has 0 N–H and O–H groups in total. The minimum absolute atomic E-state index is 0.956. The number of nitrogens with zero attached hydrogens (tertiary/aromatic N) is 2. The summed E-state index contributed by atoms with van der Waals surface area (Å²) < 4.78 is 5.24. The fraction of sp³-hybridized carbons (Fsp3) is 0.455. The minimum atomic E-state index is 0.956. The number of hydrogen-bond donors (Lipinski definition) is 0. The fourth-order valence-electron chi connectivity index (χ4n) is 2.34. The zero-order valence-electron chi connectivity index (χ0n) is 8.36. The highest BCUT2D eigenvalue weighted by Gasteiger charge is 2.27. The summed E-state index contributed by atoms with van der Waals surface area (Å²) in [5.74, 6) is 0.956. The molecule has 0 radical (unpaired) electrons. The lowest BCUT2D eigenvalue weighted by Gasteiger charge is -2.45. The Morgan fingerprint density at radius 1 is 1.00 bits per heavy atom. The molecule has 1 saturated heterocycles. The lowest BCUT2D eigenvalue weighted by Crippen LogP contribution is -2.51. The lowest BCUT2D eigenvalue weighted by molar-refractivity contribution is 0.414. The third-order valence-electron chi connectivity index (χ3n) is 3.14. The van der Waals surface area contributed by atoms with Crippen molar-refractivity contribution in [1.29, 1.82) is 0 Å². The molecule has 0 saturated carbocycles. The van der Waals surface area contributed by atoms with Crippen LogP contribution in [0.1, 0.15) is 0 Å². The van der Waals surface area contributed by atoms with E-state index in [-0.39, 0.29) is 0 Å². The van der Waals surface area contributed by atoms with Crippen molar-refractivity contribution >= 4 is 11.4 Å². The minimum Gasteiger partial charge on any atom is -0.497 e. The highest BCUT2D eigenvalue weighted by atomic mass is 16.5. The molecule has 1 aromatic rings. The molecule has 0 amide bonds. The Bertz CT molecular complexity index is 356. The van der Waals surface area contributed by atoms with Gasteiger partial charge in [0.1, 0.15) is 5.75 Å². The fourth-order valence-corrected chi connectivity index (χ4v) is 2.34. The topological polar surface area (TPSA) is 15.7 Å². The molecule has 0 unspecified atom stereocenters. The molecule has 0 aliphatic carbocycles. The number of ether oxygens (including phenoxy) is 1. The van der Waals surface area contributed by atoms with Crippen LogP contribution in [0.4, 0.5) is 11.4 Å². The second kappa shape index (κ2) is 2.80. The van der Waals surface area contributed by atoms with E-state index >= 15 is 0 Å². The summed E-state index contributed by atoms with van der Waals surface area (Å²) in [6.45, 7) is 4.64. The van der Waals surface area contributed by atoms with E-state index in [1.165, 1.54) is 24.5 Å². The number of benzene rings is 1. The van der Waals surface area contributed by atoms with Gasteiger partial charge in [0.15, 0.2) is 0 Å². The van der Waals surface area contributed by atoms with Gasteiger partial charge in [0.05, 0.1) is 18.5 Å². The first kappa shape index (κ1) is 7.97. The first-order valence-corrected chi connectivity index (χ1v) is 5.06. The zero-order chi connectivity index (χ0) is 9.54. The van der Waals surface area contributed by atoms with Crippen molar-refractivity contribution in [1.82, 2.24) is 0 Å². The Balaban J connectivity index is 2.11. The van der Waals surface area contributed by atoms with E-state index < -0.39 is 0 Å². The maximum Gasteiger partial charge on any atom is 0.121 e. The van der Waals surface area contributed by atoms with Gasteiger partial charge in [-0.15, -0.1) is 0 Å². The summed E-state index contributed by atoms with van der Waals surface area (Å²) >= 11 is 0. The quantitative estimate of drug-likeness (QED) is 0.664. The number of hydrogen-bond acceptors (Lipinski definition) is 3. The van der Waals surface area contributed by atoms with Crippen LogP contribution < -0.4 is 14.5 Å². The molecule has 1 fully saturated rings. The molecule has 3 nitrogen and oxygen atoms in total. The van der Waals surface area contributed by atoms with Crippen LogP contribution >= 0.6 is 0 Å². The molecular formula is C11H14N2O. The molecule has 1 aromatic carbocycles. The van der Waals surface area contributed by atoms with Crippen LogP contribution in [0.3, 0.4) is 0 Å². The summed E-state index contributed by atoms with van der Waals surface area (Å²) in [5, 5.41) is 0. The Morgan fingerprint density at radius 2 is 1.64 bits per heavy atom. The summed E-state index contributed by atoms with van der Waals surface area (Å²) in [6.07, 6.45) is 0. The molecule has 0 aromatic heterocycles. The van der Waals surface area contributed by atoms with Gasteiger partial charge in [-0.2, -0.15) is 0 Å². The van der Waals surface area contributed by atoms with Crippen LogP contribution in [0.5, 0.6) is 5.75 Å². The van der Waals surface area contributed by atoms with Gasteiger partial charge in [-0.1, -0.05) is 0 Å². The number of anilines is 2. The molecule has 0 atom stereocenters. The van der Waals surface area contributed by atoms with Crippen molar-refractivity contribution in [2.24, 2.45) is 0 Å². The van der Waals surface area contributed by atoms with Crippen molar-refractivity contribution in [2.75, 3.05) is 43.1 Å². The van der Waals surface area contributed by atoms with Crippen molar-refractivity contribution in [2.45, 2.75) is 0 Å². The van der Waals surface area contributed by atoms with Gasteiger partial charge in [-0.05, 0) is 12.1 Å². The third kappa shape index (κ3) is 0.983. The number of piperazine rings is 1. The average molecular weight is 190 g/mol. The number of rotatable bonds is 1. The summed E-state index contributed by atoms with van der Waals surface area (Å²) in [4.78, 5) is 4.90. The predicted octanol–water partition coefficient (Wildman–Crippen LogP) is 1.34. The van der Waals surface area contributed by atoms with Crippen molar-refractivity contribution in [3.05, 3.63) is 18.2 Å². The van der Waals surface area contributed by atoms with Gasteiger partial charge in [0.25, 0.3) is 0 Å². The normalized spacial score (nSPS) is 18.4. The van der Waals surface area contributed by atoms with Crippen molar-refractivity contribution in [3.8, 4) is 5.75 Å². The SMILES string of the molecule is COc1ccc2c(c1)N1CCN2CC1. The maximum atomic E-state index is 5.24. The average Bonchev–Trinajstić information content (AvgIpc) is 2.30. The molecule has 4 rings (SSSR count). The van der Waals surface area contributed by atoms with Crippen LogP contribution in [-0.4, -0.2) is 33.3 Å². The molecule has 14 heavy (non-hydrogen) atoms. The molecule has 3 heteroatoms. The molecule has 3 aliphatic rings. The van der Waals surface area contributed by atoms with E-state index in [1.807, 2.05) is 6.07 Å². The van der Waals surface area contributed by atoms with Crippen LogP contribution in [-0.2, 0) is 0 Å². The van der Waals surface area contributed by atoms with E-state index in [9.17, 15) is 0 Å². The molecule has 3 heterocycles. The van der Waals surface area contributed by atoms with E-state index in [0.29, 0.717) is 0 Å². The van der Waals surface area contributed by atoms with Gasteiger partial charge in [0, 0.05) is 32.2 Å². The van der Waals surface area contributed by atoms with Gasteiger partial charge in [-0.25, -0.2) is 0 Å². The number of fused-ring (bicyclic) bond motifs is 2. The first-order valence-electron chi connectivity index (χ1n) is 5.06.